The molecular weight excluding hydrogens is 1060 g/mol. The van der Waals surface area contributed by atoms with Crippen molar-refractivity contribution in [3.05, 3.63) is 130 Å². The van der Waals surface area contributed by atoms with Crippen molar-refractivity contribution in [2.24, 2.45) is 27.1 Å². The second kappa shape index (κ2) is 37.2. The molecule has 0 spiro atoms. The second-order valence-corrected chi connectivity index (χ2v) is 22.4. The maximum absolute atomic E-state index is 11.5. The Morgan fingerprint density at radius 1 is 0.711 bits per heavy atom. The van der Waals surface area contributed by atoms with Crippen LogP contribution in [0.1, 0.15) is 132 Å². The van der Waals surface area contributed by atoms with Crippen LogP contribution in [0.15, 0.2) is 107 Å². The molecule has 4 N–H and O–H groups in total. The van der Waals surface area contributed by atoms with Crippen LogP contribution in [0.4, 0.5) is 0 Å². The van der Waals surface area contributed by atoms with Gasteiger partial charge in [-0.25, -0.2) is 24.4 Å². The number of pyridine rings is 4. The standard InChI is InChI=1S/C11H14N2O.C10H12N2O.C10H19NO2.C9H15NO2.C8H9NO2.C6H5NO2.C4H11NO.C4H10O/c1-8-4-5-12-6-9(8)10-13-11(2,3)7-14-10;1-10(2)7-13-9(12-10)8-4-3-5-11-6-8;1-10(2)5-6-11(3)7-8(10)9(12)13-4;1-7-4-5-10(2)6-8(7)9(11)12-3;1-6-3-4-9-5-7(6)8(10)11-2;8-6(9)5-2-1-3-7-4-5;1-4(2,5)3-6;1-3-5-4-2/h4-6H,7H2,1-3H3;3-6H,7H2,1-2H3;8H,5-7H2,1-4H3;4-6H2,1-3H3;3-5H,1-2H3;1-4H,(H,8,9);6H,3,5H2,1-2H3;3-4H2,1-2H3. The van der Waals surface area contributed by atoms with Crippen LogP contribution < -0.4 is 5.73 Å². The zero-order valence-electron chi connectivity index (χ0n) is 52.6. The van der Waals surface area contributed by atoms with Gasteiger partial charge in [-0.05, 0) is 163 Å². The minimum absolute atomic E-state index is 0.0243. The van der Waals surface area contributed by atoms with E-state index in [4.69, 9.17) is 34.9 Å². The normalized spacial score (nSPS) is 17.1. The Labute approximate surface area is 493 Å². The minimum atomic E-state index is -0.942. The first kappa shape index (κ1) is 74.0. The van der Waals surface area contributed by atoms with E-state index in [1.165, 1.54) is 51.6 Å². The summed E-state index contributed by atoms with van der Waals surface area (Å²) in [5.74, 6) is -0.0794. The van der Waals surface area contributed by atoms with Gasteiger partial charge >= 0.3 is 23.9 Å². The number of hydrogen-bond donors (Lipinski definition) is 3. The molecule has 0 bridgehead atoms. The Morgan fingerprint density at radius 2 is 1.24 bits per heavy atom. The molecular formula is C62H95N9O12. The number of methoxy groups -OCH3 is 3. The summed E-state index contributed by atoms with van der Waals surface area (Å²) in [7, 11) is 8.31. The molecule has 4 aliphatic rings. The number of likely N-dealkylation sites (tertiary alicyclic amines) is 1. The van der Waals surface area contributed by atoms with Gasteiger partial charge in [0.1, 0.15) is 13.2 Å². The smallest absolute Gasteiger partial charge is 0.339 e. The number of aliphatic hydroxyl groups is 1. The van der Waals surface area contributed by atoms with Crippen molar-refractivity contribution in [2.75, 3.05) is 94.6 Å². The van der Waals surface area contributed by atoms with E-state index in [9.17, 15) is 19.2 Å². The molecule has 1 saturated heterocycles. The molecule has 1 unspecified atom stereocenters. The molecule has 460 valence electrons. The summed E-state index contributed by atoms with van der Waals surface area (Å²) in [5, 5.41) is 16.6. The number of carboxylic acids is 1. The first-order chi connectivity index (χ1) is 38.9. The minimum Gasteiger partial charge on any atom is -0.478 e. The molecule has 0 aromatic carbocycles. The van der Waals surface area contributed by atoms with Crippen LogP contribution in [0, 0.1) is 25.2 Å². The quantitative estimate of drug-likeness (QED) is 0.105. The summed E-state index contributed by atoms with van der Waals surface area (Å²) >= 11 is 0. The maximum atomic E-state index is 11.5. The average molecular weight is 1160 g/mol. The number of aromatic carboxylic acids is 1. The Kier molecular flexibility index (Phi) is 33.2. The van der Waals surface area contributed by atoms with Crippen LogP contribution in [-0.4, -0.2) is 187 Å². The lowest BCUT2D eigenvalue weighted by Crippen LogP contribution is -2.46. The summed E-state index contributed by atoms with van der Waals surface area (Å²) in [4.78, 5) is 72.6. The number of carbonyl (C=O) groups is 4. The van der Waals surface area contributed by atoms with Crippen molar-refractivity contribution in [1.82, 2.24) is 29.7 Å². The lowest BCUT2D eigenvalue weighted by Gasteiger charge is -2.40. The molecule has 0 amide bonds. The van der Waals surface area contributed by atoms with Gasteiger partial charge in [0.2, 0.25) is 11.8 Å². The molecule has 4 aromatic rings. The number of nitrogens with zero attached hydrogens (tertiary/aromatic N) is 8. The molecule has 4 aromatic heterocycles. The number of piperidine rings is 1. The number of nitrogens with two attached hydrogens (primary N) is 1. The highest BCUT2D eigenvalue weighted by molar-refractivity contribution is 5.96. The van der Waals surface area contributed by atoms with Crippen molar-refractivity contribution < 1.29 is 57.8 Å². The number of likely N-dealkylation sites (N-methyl/N-ethyl adjacent to an activating group) is 1. The fraction of sp³-hybridized carbons (Fsp3) is 0.548. The average Bonchev–Trinajstić information content (AvgIpc) is 4.18. The second-order valence-electron chi connectivity index (χ2n) is 22.4. The highest BCUT2D eigenvalue weighted by Gasteiger charge is 2.40. The topological polar surface area (TPSA) is 273 Å². The summed E-state index contributed by atoms with van der Waals surface area (Å²) in [5.41, 5.74) is 11.5. The van der Waals surface area contributed by atoms with Gasteiger partial charge in [-0.15, -0.1) is 0 Å². The Bertz CT molecular complexity index is 2670. The number of aromatic nitrogens is 4. The van der Waals surface area contributed by atoms with Crippen molar-refractivity contribution in [2.45, 2.75) is 119 Å². The SMILES string of the molecule is CC(C)(N)CO.CC1(C)COC(c2cccnc2)=N1.CCOCC.COC(=O)C1=C(C)CCN(C)C1.COC(=O)C1CN(C)CCC1(C)C.COC(=O)c1cnccc1C.Cc1ccncc1C1=NC(C)(C)CO1.O=C(O)c1cccnc1. The number of carboxylic acid groups (broad SMARTS) is 1. The van der Waals surface area contributed by atoms with Crippen LogP contribution in [-0.2, 0) is 38.0 Å². The number of carbonyl (C=O) groups excluding carboxylic acids is 3. The number of aryl methyl sites for hydroxylation is 2. The van der Waals surface area contributed by atoms with Crippen LogP contribution >= 0.6 is 0 Å². The molecule has 8 heterocycles. The molecule has 0 radical (unpaired) electrons. The van der Waals surface area contributed by atoms with Gasteiger partial charge in [-0.2, -0.15) is 0 Å². The van der Waals surface area contributed by atoms with Crippen molar-refractivity contribution in [3.8, 4) is 0 Å². The lowest BCUT2D eigenvalue weighted by molar-refractivity contribution is -0.152. The first-order valence-electron chi connectivity index (χ1n) is 27.5. The van der Waals surface area contributed by atoms with Crippen LogP contribution in [0.3, 0.4) is 0 Å². The predicted molar refractivity (Wildman–Crippen MR) is 324 cm³/mol. The van der Waals surface area contributed by atoms with E-state index >= 15 is 0 Å². The van der Waals surface area contributed by atoms with Crippen LogP contribution in [0.25, 0.3) is 0 Å². The molecule has 83 heavy (non-hydrogen) atoms. The molecule has 4 aliphatic heterocycles. The molecule has 1 fully saturated rings. The number of aliphatic imine (C=N–C) groups is 2. The zero-order chi connectivity index (χ0) is 63.0. The Morgan fingerprint density at radius 3 is 1.66 bits per heavy atom. The van der Waals surface area contributed by atoms with E-state index in [1.54, 1.807) is 57.0 Å². The molecule has 0 aliphatic carbocycles. The van der Waals surface area contributed by atoms with E-state index in [0.29, 0.717) is 24.7 Å². The monoisotopic (exact) mass is 1160 g/mol. The number of hydrogen-bond acceptors (Lipinski definition) is 20. The van der Waals surface area contributed by atoms with Gasteiger partial charge < -0.3 is 54.2 Å². The van der Waals surface area contributed by atoms with Crippen molar-refractivity contribution >= 4 is 35.7 Å². The van der Waals surface area contributed by atoms with E-state index in [-0.39, 0.29) is 52.5 Å². The number of rotatable bonds is 9. The highest BCUT2D eigenvalue weighted by Crippen LogP contribution is 2.35. The maximum Gasteiger partial charge on any atom is 0.339 e. The molecule has 8 rings (SSSR count). The number of esters is 3. The lowest BCUT2D eigenvalue weighted by atomic mass is 9.73. The summed E-state index contributed by atoms with van der Waals surface area (Å²) in [6.45, 7) is 32.6. The number of ether oxygens (including phenoxy) is 6. The fourth-order valence-corrected chi connectivity index (χ4v) is 7.31. The Hall–Kier alpha value is -7.04. The van der Waals surface area contributed by atoms with Crippen molar-refractivity contribution in [1.29, 1.82) is 0 Å². The summed E-state index contributed by atoms with van der Waals surface area (Å²) in [6, 6.07) is 10.7. The third kappa shape index (κ3) is 29.2. The van der Waals surface area contributed by atoms with E-state index < -0.39 is 11.5 Å². The van der Waals surface area contributed by atoms with Crippen molar-refractivity contribution in [3.63, 3.8) is 0 Å². The number of aliphatic hydroxyl groups excluding tert-OH is 1. The molecule has 0 saturated carbocycles. The summed E-state index contributed by atoms with van der Waals surface area (Å²) < 4.78 is 29.9. The van der Waals surface area contributed by atoms with Gasteiger partial charge in [0, 0.05) is 88.0 Å². The van der Waals surface area contributed by atoms with E-state index in [1.807, 2.05) is 66.9 Å². The van der Waals surface area contributed by atoms with Crippen LogP contribution in [0.2, 0.25) is 0 Å². The third-order valence-electron chi connectivity index (χ3n) is 12.6. The van der Waals surface area contributed by atoms with E-state index in [0.717, 1.165) is 86.0 Å². The van der Waals surface area contributed by atoms with Gasteiger partial charge in [0.15, 0.2) is 0 Å². The Balaban J connectivity index is 0.000000483. The largest absolute Gasteiger partial charge is 0.478 e. The fourth-order valence-electron chi connectivity index (χ4n) is 7.31. The highest BCUT2D eigenvalue weighted by atomic mass is 16.5. The van der Waals surface area contributed by atoms with Gasteiger partial charge in [0.05, 0.1) is 72.8 Å². The zero-order valence-corrected chi connectivity index (χ0v) is 52.6. The predicted octanol–water partition coefficient (Wildman–Crippen LogP) is 8.25. The molecule has 1 atom stereocenters. The first-order valence-corrected chi connectivity index (χ1v) is 27.5. The summed E-state index contributed by atoms with van der Waals surface area (Å²) in [6.07, 6.45) is 15.1. The van der Waals surface area contributed by atoms with Gasteiger partial charge in [-0.3, -0.25) is 24.7 Å². The van der Waals surface area contributed by atoms with Gasteiger partial charge in [-0.1, -0.05) is 19.4 Å². The third-order valence-corrected chi connectivity index (χ3v) is 12.6. The van der Waals surface area contributed by atoms with Crippen LogP contribution in [0.5, 0.6) is 0 Å². The molecule has 21 nitrogen and oxygen atoms in total. The molecule has 21 heteroatoms. The van der Waals surface area contributed by atoms with E-state index in [2.05, 4.69) is 90.7 Å². The van der Waals surface area contributed by atoms with Gasteiger partial charge in [0.25, 0.3) is 0 Å².